The van der Waals surface area contributed by atoms with Crippen LogP contribution in [-0.2, 0) is 4.79 Å². The second-order valence-corrected chi connectivity index (χ2v) is 15.2. The van der Waals surface area contributed by atoms with E-state index in [0.29, 0.717) is 30.7 Å². The highest BCUT2D eigenvalue weighted by Gasteiger charge is 2.61. The Kier molecular flexibility index (Phi) is 10.0. The zero-order chi connectivity index (χ0) is 29.1. The van der Waals surface area contributed by atoms with Crippen molar-refractivity contribution in [2.45, 2.75) is 143 Å². The maximum Gasteiger partial charge on any atom is 0.344 e. The third-order valence-corrected chi connectivity index (χ3v) is 12.4. The summed E-state index contributed by atoms with van der Waals surface area (Å²) >= 11 is 0. The van der Waals surface area contributed by atoms with E-state index in [1.165, 1.54) is 55.5 Å². The molecule has 4 rings (SSSR count). The van der Waals surface area contributed by atoms with Crippen LogP contribution in [-0.4, -0.2) is 28.2 Å². The highest BCUT2D eigenvalue weighted by molar-refractivity contribution is 5.85. The molecule has 4 aliphatic carbocycles. The summed E-state index contributed by atoms with van der Waals surface area (Å²) in [6.45, 7) is 14.8. The van der Waals surface area contributed by atoms with Gasteiger partial charge in [-0.2, -0.15) is 9.92 Å². The van der Waals surface area contributed by atoms with Gasteiger partial charge in [-0.15, -0.1) is 5.53 Å². The molecule has 1 N–H and O–H groups in total. The molecule has 1 amide bonds. The van der Waals surface area contributed by atoms with Gasteiger partial charge < -0.3 is 5.11 Å². The van der Waals surface area contributed by atoms with Crippen LogP contribution in [0.4, 0.5) is 0 Å². The molecule has 3 fully saturated rings. The molecule has 0 spiro atoms. The fourth-order valence-electron chi connectivity index (χ4n) is 10.0. The molecule has 0 saturated heterocycles. The Morgan fingerprint density at radius 3 is 2.55 bits per heavy atom. The molecule has 6 nitrogen and oxygen atoms in total. The van der Waals surface area contributed by atoms with Gasteiger partial charge in [-0.25, -0.2) is 4.79 Å². The fourth-order valence-corrected chi connectivity index (χ4v) is 10.0. The number of fused-ring (bicyclic) bond motifs is 5. The van der Waals surface area contributed by atoms with Crippen molar-refractivity contribution in [2.24, 2.45) is 51.6 Å². The van der Waals surface area contributed by atoms with Crippen molar-refractivity contribution >= 4 is 5.91 Å². The second-order valence-electron chi connectivity index (χ2n) is 15.2. The van der Waals surface area contributed by atoms with E-state index in [1.54, 1.807) is 0 Å². The molecule has 0 bridgehead atoms. The summed E-state index contributed by atoms with van der Waals surface area (Å²) in [5, 5.41) is 16.6. The molecule has 0 aliphatic heterocycles. The Labute approximate surface area is 244 Å². The number of hydrogen-bond acceptors (Lipinski definition) is 3. The van der Waals surface area contributed by atoms with Gasteiger partial charge in [0.2, 0.25) is 0 Å². The molecule has 0 radical (unpaired) electrons. The van der Waals surface area contributed by atoms with Crippen LogP contribution < -0.4 is 0 Å². The number of nitrogens with zero attached hydrogens (tertiary/aromatic N) is 4. The number of azide groups is 1. The molecule has 0 heterocycles. The number of unbranched alkanes of at least 4 members (excludes halogenated alkanes) is 3. The van der Waals surface area contributed by atoms with Crippen molar-refractivity contribution in [1.29, 1.82) is 0 Å². The minimum absolute atomic E-state index is 0.0577. The van der Waals surface area contributed by atoms with E-state index in [4.69, 9.17) is 5.53 Å². The molecule has 4 aliphatic rings. The number of allylic oxidation sites excluding steroid dienone is 1. The molecular weight excluding hydrogens is 496 g/mol. The molecule has 6 heteroatoms. The standard InChI is InChI=1S/C34H58N4O2/c1-7-8-9-10-22-38(37-36-35)31(39)34(40)21-20-32(5)26(23-34)14-15-27-29-17-16-28(25(4)13-11-12-24(2)3)33(29,6)19-18-30(27)32/h14,24-25,27-30,40H,7-13,15-23H2,1-6H3/t25-,27+,28-,29+,30+,32+,33-,34?/m1/s1. The fraction of sp³-hybridized carbons (Fsp3) is 0.912. The Morgan fingerprint density at radius 2 is 1.85 bits per heavy atom. The maximum absolute atomic E-state index is 13.5. The average molecular weight is 555 g/mol. The Hall–Kier alpha value is -1.52. The molecule has 3 saturated carbocycles. The molecule has 0 aromatic rings. The minimum Gasteiger partial charge on any atom is -0.377 e. The van der Waals surface area contributed by atoms with Gasteiger partial charge in [0.15, 0.2) is 5.60 Å². The number of hydrogen-bond donors (Lipinski definition) is 1. The highest BCUT2D eigenvalue weighted by atomic mass is 16.3. The van der Waals surface area contributed by atoms with E-state index in [1.807, 2.05) is 0 Å². The van der Waals surface area contributed by atoms with Crippen molar-refractivity contribution in [2.75, 3.05) is 6.54 Å². The van der Waals surface area contributed by atoms with Gasteiger partial charge >= 0.3 is 5.91 Å². The summed E-state index contributed by atoms with van der Waals surface area (Å²) in [5.41, 5.74) is 9.44. The molecule has 8 atom stereocenters. The Bertz CT molecular complexity index is 973. The van der Waals surface area contributed by atoms with Crippen molar-refractivity contribution in [3.63, 3.8) is 0 Å². The van der Waals surface area contributed by atoms with E-state index in [9.17, 15) is 9.90 Å². The van der Waals surface area contributed by atoms with Gasteiger partial charge in [0.05, 0.1) is 6.54 Å². The summed E-state index contributed by atoms with van der Waals surface area (Å²) in [6, 6.07) is 0. The first-order valence-electron chi connectivity index (χ1n) is 16.8. The predicted octanol–water partition coefficient (Wildman–Crippen LogP) is 9.39. The Morgan fingerprint density at radius 1 is 1.07 bits per heavy atom. The SMILES string of the molecule is CCCCCCN(N=[N+]=[N-])C(=O)C1(O)CC[C@@]2(C)C(=CC[C@H]3[C@@H]4CC[C@H]([C@H](C)CCCC(C)C)[C@@]4(C)CC[C@@H]32)C1. The molecule has 40 heavy (non-hydrogen) atoms. The zero-order valence-corrected chi connectivity index (χ0v) is 26.5. The molecular formula is C34H58N4O2. The zero-order valence-electron chi connectivity index (χ0n) is 26.5. The second kappa shape index (κ2) is 12.8. The van der Waals surface area contributed by atoms with E-state index in [-0.39, 0.29) is 5.41 Å². The summed E-state index contributed by atoms with van der Waals surface area (Å²) in [6.07, 6.45) is 18.6. The molecule has 0 aromatic carbocycles. The summed E-state index contributed by atoms with van der Waals surface area (Å²) in [4.78, 5) is 16.4. The molecule has 226 valence electrons. The lowest BCUT2D eigenvalue weighted by Gasteiger charge is -2.59. The quantitative estimate of drug-likeness (QED) is 0.0650. The predicted molar refractivity (Wildman–Crippen MR) is 163 cm³/mol. The summed E-state index contributed by atoms with van der Waals surface area (Å²) in [7, 11) is 0. The summed E-state index contributed by atoms with van der Waals surface area (Å²) < 4.78 is 0. The number of rotatable bonds is 12. The summed E-state index contributed by atoms with van der Waals surface area (Å²) in [5.74, 6) is 4.21. The third-order valence-electron chi connectivity index (χ3n) is 12.4. The van der Waals surface area contributed by atoms with Crippen molar-refractivity contribution in [1.82, 2.24) is 5.01 Å². The highest BCUT2D eigenvalue weighted by Crippen LogP contribution is 2.67. The first kappa shape index (κ1) is 31.4. The lowest BCUT2D eigenvalue weighted by molar-refractivity contribution is -0.157. The molecule has 0 aromatic heterocycles. The third kappa shape index (κ3) is 6.00. The van der Waals surface area contributed by atoms with E-state index >= 15 is 0 Å². The van der Waals surface area contributed by atoms with Gasteiger partial charge in [-0.05, 0) is 109 Å². The van der Waals surface area contributed by atoms with E-state index in [0.717, 1.165) is 68.1 Å². The monoisotopic (exact) mass is 554 g/mol. The van der Waals surface area contributed by atoms with Crippen LogP contribution in [0.2, 0.25) is 0 Å². The topological polar surface area (TPSA) is 89.3 Å². The van der Waals surface area contributed by atoms with Crippen LogP contribution in [0, 0.1) is 46.3 Å². The average Bonchev–Trinajstić information content (AvgIpc) is 3.27. The Balaban J connectivity index is 1.46. The number of amides is 1. The van der Waals surface area contributed by atoms with Gasteiger partial charge in [-0.1, -0.05) is 85.3 Å². The largest absolute Gasteiger partial charge is 0.377 e. The lowest BCUT2D eigenvalue weighted by Crippen LogP contribution is -2.56. The number of carbonyl (C=O) groups is 1. The van der Waals surface area contributed by atoms with Crippen molar-refractivity contribution < 1.29 is 9.90 Å². The van der Waals surface area contributed by atoms with Crippen molar-refractivity contribution in [3.8, 4) is 0 Å². The van der Waals surface area contributed by atoms with E-state index < -0.39 is 11.5 Å². The van der Waals surface area contributed by atoms with Crippen LogP contribution in [0.15, 0.2) is 16.9 Å². The van der Waals surface area contributed by atoms with Gasteiger partial charge in [-0.3, -0.25) is 0 Å². The van der Waals surface area contributed by atoms with Crippen LogP contribution in [0.5, 0.6) is 0 Å². The van der Waals surface area contributed by atoms with E-state index in [2.05, 4.69) is 57.8 Å². The minimum atomic E-state index is -1.47. The van der Waals surface area contributed by atoms with Crippen LogP contribution >= 0.6 is 0 Å². The lowest BCUT2D eigenvalue weighted by atomic mass is 9.46. The van der Waals surface area contributed by atoms with Crippen LogP contribution in [0.3, 0.4) is 0 Å². The van der Waals surface area contributed by atoms with Gasteiger partial charge in [0.1, 0.15) is 0 Å². The smallest absolute Gasteiger partial charge is 0.344 e. The van der Waals surface area contributed by atoms with Crippen LogP contribution in [0.1, 0.15) is 138 Å². The first-order valence-corrected chi connectivity index (χ1v) is 16.8. The van der Waals surface area contributed by atoms with Gasteiger partial charge in [0.25, 0.3) is 0 Å². The van der Waals surface area contributed by atoms with Gasteiger partial charge in [0, 0.05) is 6.42 Å². The maximum atomic E-state index is 13.5. The number of carbonyl (C=O) groups excluding carboxylic acids is 1. The first-order chi connectivity index (χ1) is 19.0. The number of aliphatic hydroxyl groups is 1. The normalized spacial score (nSPS) is 37.5. The molecule has 1 unspecified atom stereocenters. The van der Waals surface area contributed by atoms with Crippen molar-refractivity contribution in [3.05, 3.63) is 22.1 Å². The van der Waals surface area contributed by atoms with Crippen LogP contribution in [0.25, 0.3) is 10.4 Å².